The Kier molecular flexibility index (Phi) is 4.82. The zero-order chi connectivity index (χ0) is 11.3. The lowest BCUT2D eigenvalue weighted by Crippen LogP contribution is -2.54. The minimum atomic E-state index is 0.0758. The number of piperazine rings is 1. The number of hydrogen-bond acceptors (Lipinski definition) is 2. The van der Waals surface area contributed by atoms with Gasteiger partial charge < -0.3 is 4.90 Å². The second kappa shape index (κ2) is 5.91. The van der Waals surface area contributed by atoms with Gasteiger partial charge in [0.2, 0.25) is 5.91 Å². The first-order valence-electron chi connectivity index (χ1n) is 5.88. The van der Waals surface area contributed by atoms with E-state index >= 15 is 0 Å². The number of carbonyl (C=O) groups is 1. The van der Waals surface area contributed by atoms with E-state index in [1.807, 2.05) is 4.90 Å². The van der Waals surface area contributed by atoms with Gasteiger partial charge in [0.1, 0.15) is 0 Å². The van der Waals surface area contributed by atoms with E-state index in [0.29, 0.717) is 6.04 Å². The fourth-order valence-electron chi connectivity index (χ4n) is 2.25. The highest BCUT2D eigenvalue weighted by atomic mass is 16.2. The third kappa shape index (κ3) is 3.06. The summed E-state index contributed by atoms with van der Waals surface area (Å²) in [5.74, 6) is 0.0758. The van der Waals surface area contributed by atoms with Crippen LogP contribution in [0.4, 0.5) is 0 Å². The van der Waals surface area contributed by atoms with Gasteiger partial charge in [-0.25, -0.2) is 0 Å². The molecule has 0 saturated carbocycles. The number of likely N-dealkylation sites (N-methyl/N-ethyl adjacent to an activating group) is 1. The molecule has 0 radical (unpaired) electrons. The van der Waals surface area contributed by atoms with Gasteiger partial charge in [-0.2, -0.15) is 0 Å². The molecule has 1 aliphatic heterocycles. The molecule has 1 heterocycles. The Morgan fingerprint density at radius 2 is 2.20 bits per heavy atom. The normalized spacial score (nSPS) is 22.8. The average molecular weight is 210 g/mol. The summed E-state index contributed by atoms with van der Waals surface area (Å²) in [7, 11) is 0. The summed E-state index contributed by atoms with van der Waals surface area (Å²) in [6.45, 7) is 11.7. The lowest BCUT2D eigenvalue weighted by atomic mass is 10.1. The molecule has 15 heavy (non-hydrogen) atoms. The van der Waals surface area contributed by atoms with Crippen LogP contribution < -0.4 is 0 Å². The number of amides is 1. The van der Waals surface area contributed by atoms with E-state index in [-0.39, 0.29) is 5.91 Å². The molecule has 0 unspecified atom stereocenters. The quantitative estimate of drug-likeness (QED) is 0.657. The van der Waals surface area contributed by atoms with Crippen molar-refractivity contribution in [2.45, 2.75) is 32.7 Å². The van der Waals surface area contributed by atoms with Gasteiger partial charge in [0, 0.05) is 25.7 Å². The summed E-state index contributed by atoms with van der Waals surface area (Å²) >= 11 is 0. The fourth-order valence-corrected chi connectivity index (χ4v) is 2.25. The van der Waals surface area contributed by atoms with E-state index in [4.69, 9.17) is 0 Å². The lowest BCUT2D eigenvalue weighted by Gasteiger charge is -2.40. The van der Waals surface area contributed by atoms with Crippen molar-refractivity contribution in [2.75, 3.05) is 26.2 Å². The molecule has 0 aromatic carbocycles. The molecule has 0 aliphatic carbocycles. The molecule has 0 bridgehead atoms. The molecule has 3 heteroatoms. The highest BCUT2D eigenvalue weighted by Crippen LogP contribution is 2.14. The van der Waals surface area contributed by atoms with E-state index in [0.717, 1.165) is 26.2 Å². The molecule has 1 amide bonds. The number of rotatable bonds is 4. The Balaban J connectivity index is 2.56. The van der Waals surface area contributed by atoms with Crippen LogP contribution in [0.3, 0.4) is 0 Å². The van der Waals surface area contributed by atoms with Crippen LogP contribution >= 0.6 is 0 Å². The maximum atomic E-state index is 11.5. The smallest absolute Gasteiger partial charge is 0.246 e. The highest BCUT2D eigenvalue weighted by molar-refractivity contribution is 5.87. The van der Waals surface area contributed by atoms with Crippen LogP contribution in [0.15, 0.2) is 12.7 Å². The van der Waals surface area contributed by atoms with Gasteiger partial charge >= 0.3 is 0 Å². The highest BCUT2D eigenvalue weighted by Gasteiger charge is 2.26. The fraction of sp³-hybridized carbons (Fsp3) is 0.750. The molecule has 1 fully saturated rings. The molecule has 0 aromatic rings. The predicted molar refractivity (Wildman–Crippen MR) is 62.7 cm³/mol. The molecule has 86 valence electrons. The van der Waals surface area contributed by atoms with E-state index < -0.39 is 0 Å². The van der Waals surface area contributed by atoms with Gasteiger partial charge in [0.05, 0.1) is 0 Å². The molecular weight excluding hydrogens is 188 g/mol. The van der Waals surface area contributed by atoms with Crippen molar-refractivity contribution in [1.29, 1.82) is 0 Å². The Hall–Kier alpha value is -0.830. The Morgan fingerprint density at radius 3 is 2.73 bits per heavy atom. The summed E-state index contributed by atoms with van der Waals surface area (Å²) in [4.78, 5) is 15.9. The van der Waals surface area contributed by atoms with Crippen molar-refractivity contribution < 1.29 is 4.79 Å². The summed E-state index contributed by atoms with van der Waals surface area (Å²) in [6, 6.07) is 0.539. The minimum Gasteiger partial charge on any atom is -0.336 e. The van der Waals surface area contributed by atoms with Crippen LogP contribution in [0.1, 0.15) is 26.7 Å². The molecule has 0 N–H and O–H groups in total. The van der Waals surface area contributed by atoms with Crippen LogP contribution in [-0.2, 0) is 4.79 Å². The number of hydrogen-bond donors (Lipinski definition) is 0. The van der Waals surface area contributed by atoms with Crippen LogP contribution in [0, 0.1) is 0 Å². The predicted octanol–water partition coefficient (Wildman–Crippen LogP) is 1.51. The van der Waals surface area contributed by atoms with Gasteiger partial charge in [0.25, 0.3) is 0 Å². The Morgan fingerprint density at radius 1 is 1.47 bits per heavy atom. The van der Waals surface area contributed by atoms with Crippen molar-refractivity contribution in [2.24, 2.45) is 0 Å². The SMILES string of the molecule is C=CC(=O)N1CCN(CC)[C@@H](CCC)C1. The molecule has 1 aliphatic rings. The van der Waals surface area contributed by atoms with Crippen molar-refractivity contribution in [1.82, 2.24) is 9.80 Å². The first-order valence-corrected chi connectivity index (χ1v) is 5.88. The maximum Gasteiger partial charge on any atom is 0.246 e. The van der Waals surface area contributed by atoms with E-state index in [1.165, 1.54) is 18.9 Å². The summed E-state index contributed by atoms with van der Waals surface area (Å²) < 4.78 is 0. The second-order valence-electron chi connectivity index (χ2n) is 4.06. The molecule has 0 aromatic heterocycles. The third-order valence-electron chi connectivity index (χ3n) is 3.12. The van der Waals surface area contributed by atoms with E-state index in [1.54, 1.807) is 0 Å². The molecule has 1 rings (SSSR count). The van der Waals surface area contributed by atoms with E-state index in [2.05, 4.69) is 25.3 Å². The zero-order valence-corrected chi connectivity index (χ0v) is 9.91. The molecule has 1 saturated heterocycles. The van der Waals surface area contributed by atoms with Crippen LogP contribution in [0.2, 0.25) is 0 Å². The molecule has 1 atom stereocenters. The lowest BCUT2D eigenvalue weighted by molar-refractivity contribution is -0.129. The van der Waals surface area contributed by atoms with Gasteiger partial charge in [-0.15, -0.1) is 0 Å². The van der Waals surface area contributed by atoms with Gasteiger partial charge in [-0.3, -0.25) is 9.69 Å². The van der Waals surface area contributed by atoms with Crippen LogP contribution in [0.5, 0.6) is 0 Å². The van der Waals surface area contributed by atoms with Gasteiger partial charge in [-0.1, -0.05) is 26.8 Å². The first-order chi connectivity index (χ1) is 7.22. The Bertz CT molecular complexity index is 228. The molecular formula is C12H22N2O. The number of carbonyl (C=O) groups excluding carboxylic acids is 1. The van der Waals surface area contributed by atoms with Gasteiger partial charge in [0.15, 0.2) is 0 Å². The zero-order valence-electron chi connectivity index (χ0n) is 9.91. The van der Waals surface area contributed by atoms with Crippen molar-refractivity contribution in [3.63, 3.8) is 0 Å². The Labute approximate surface area is 92.7 Å². The summed E-state index contributed by atoms with van der Waals surface area (Å²) in [6.07, 6.45) is 3.77. The first kappa shape index (κ1) is 12.2. The maximum absolute atomic E-state index is 11.5. The summed E-state index contributed by atoms with van der Waals surface area (Å²) in [5.41, 5.74) is 0. The standard InChI is InChI=1S/C12H22N2O/c1-4-7-11-10-14(12(15)5-2)9-8-13(11)6-3/h5,11H,2,4,6-10H2,1,3H3/t11-/m0/s1. The molecule has 3 nitrogen and oxygen atoms in total. The van der Waals surface area contributed by atoms with Crippen LogP contribution in [-0.4, -0.2) is 47.9 Å². The van der Waals surface area contributed by atoms with Crippen molar-refractivity contribution in [3.05, 3.63) is 12.7 Å². The second-order valence-corrected chi connectivity index (χ2v) is 4.06. The van der Waals surface area contributed by atoms with Gasteiger partial charge in [-0.05, 0) is 19.0 Å². The molecule has 0 spiro atoms. The number of nitrogens with zero attached hydrogens (tertiary/aromatic N) is 2. The van der Waals surface area contributed by atoms with Crippen LogP contribution in [0.25, 0.3) is 0 Å². The van der Waals surface area contributed by atoms with E-state index in [9.17, 15) is 4.79 Å². The largest absolute Gasteiger partial charge is 0.336 e. The minimum absolute atomic E-state index is 0.0758. The van der Waals surface area contributed by atoms with Crippen molar-refractivity contribution in [3.8, 4) is 0 Å². The third-order valence-corrected chi connectivity index (χ3v) is 3.12. The monoisotopic (exact) mass is 210 g/mol. The van der Waals surface area contributed by atoms with Crippen molar-refractivity contribution >= 4 is 5.91 Å². The topological polar surface area (TPSA) is 23.6 Å². The summed E-state index contributed by atoms with van der Waals surface area (Å²) in [5, 5.41) is 0. The average Bonchev–Trinajstić information content (AvgIpc) is 2.28.